The van der Waals surface area contributed by atoms with Crippen LogP contribution in [0.15, 0.2) is 24.3 Å². The molecule has 1 heterocycles. The molecule has 0 aromatic heterocycles. The molecule has 0 bridgehead atoms. The Labute approximate surface area is 123 Å². The van der Waals surface area contributed by atoms with E-state index in [1.807, 2.05) is 0 Å². The van der Waals surface area contributed by atoms with Gasteiger partial charge in [-0.3, -0.25) is 4.90 Å². The molecular formula is C17H28N2O. The molecule has 3 heteroatoms. The van der Waals surface area contributed by atoms with E-state index in [4.69, 9.17) is 0 Å². The third-order valence-corrected chi connectivity index (χ3v) is 4.33. The fourth-order valence-electron chi connectivity index (χ4n) is 3.10. The van der Waals surface area contributed by atoms with Crippen LogP contribution in [0.1, 0.15) is 32.3 Å². The minimum Gasteiger partial charge on any atom is -0.396 e. The average Bonchev–Trinajstić information content (AvgIpc) is 2.50. The summed E-state index contributed by atoms with van der Waals surface area (Å²) in [7, 11) is 0. The number of likely N-dealkylation sites (tertiary alicyclic amines) is 1. The van der Waals surface area contributed by atoms with Crippen LogP contribution in [0.4, 0.5) is 5.69 Å². The third kappa shape index (κ3) is 3.97. The summed E-state index contributed by atoms with van der Waals surface area (Å²) in [6.45, 7) is 10.0. The van der Waals surface area contributed by atoms with Crippen LogP contribution >= 0.6 is 0 Å². The predicted molar refractivity (Wildman–Crippen MR) is 85.1 cm³/mol. The molecule has 0 spiro atoms. The summed E-state index contributed by atoms with van der Waals surface area (Å²) in [5.41, 5.74) is 2.69. The lowest BCUT2D eigenvalue weighted by Crippen LogP contribution is -2.36. The molecule has 1 fully saturated rings. The molecule has 1 unspecified atom stereocenters. The largest absolute Gasteiger partial charge is 0.396 e. The van der Waals surface area contributed by atoms with Gasteiger partial charge < -0.3 is 10.0 Å². The van der Waals surface area contributed by atoms with Gasteiger partial charge in [-0.15, -0.1) is 0 Å². The monoisotopic (exact) mass is 276 g/mol. The minimum absolute atomic E-state index is 0.331. The predicted octanol–water partition coefficient (Wildman–Crippen LogP) is 2.74. The number of benzene rings is 1. The van der Waals surface area contributed by atoms with Gasteiger partial charge in [-0.2, -0.15) is 0 Å². The first-order valence-electron chi connectivity index (χ1n) is 7.93. The van der Waals surface area contributed by atoms with Crippen molar-refractivity contribution in [3.63, 3.8) is 0 Å². The van der Waals surface area contributed by atoms with Crippen molar-refractivity contribution in [3.05, 3.63) is 29.8 Å². The SMILES string of the molecule is CCN(CC)c1ccc(CN2CCCC(CO)C2)cc1. The number of hydrogen-bond acceptors (Lipinski definition) is 3. The molecule has 1 aromatic rings. The smallest absolute Gasteiger partial charge is 0.0471 e. The van der Waals surface area contributed by atoms with Gasteiger partial charge in [-0.25, -0.2) is 0 Å². The Kier molecular flexibility index (Phi) is 5.86. The van der Waals surface area contributed by atoms with Crippen molar-refractivity contribution >= 4 is 5.69 Å². The van der Waals surface area contributed by atoms with E-state index in [9.17, 15) is 5.11 Å². The highest BCUT2D eigenvalue weighted by atomic mass is 16.3. The van der Waals surface area contributed by atoms with Gasteiger partial charge in [0.25, 0.3) is 0 Å². The Hall–Kier alpha value is -1.06. The van der Waals surface area contributed by atoms with Gasteiger partial charge in [0.15, 0.2) is 0 Å². The summed E-state index contributed by atoms with van der Waals surface area (Å²) in [5.74, 6) is 0.471. The van der Waals surface area contributed by atoms with Crippen molar-refractivity contribution in [2.24, 2.45) is 5.92 Å². The first kappa shape index (κ1) is 15.3. The molecule has 0 radical (unpaired) electrons. The van der Waals surface area contributed by atoms with Crippen LogP contribution < -0.4 is 4.90 Å². The molecule has 1 N–H and O–H groups in total. The second kappa shape index (κ2) is 7.65. The molecule has 1 aromatic carbocycles. The van der Waals surface area contributed by atoms with Crippen LogP contribution in [-0.4, -0.2) is 42.8 Å². The number of aliphatic hydroxyl groups excluding tert-OH is 1. The first-order chi connectivity index (χ1) is 9.76. The lowest BCUT2D eigenvalue weighted by atomic mass is 9.98. The average molecular weight is 276 g/mol. The normalized spacial score (nSPS) is 20.1. The number of rotatable bonds is 6. The molecule has 1 atom stereocenters. The quantitative estimate of drug-likeness (QED) is 0.865. The molecule has 0 saturated carbocycles. The molecule has 3 nitrogen and oxygen atoms in total. The van der Waals surface area contributed by atoms with E-state index in [-0.39, 0.29) is 0 Å². The zero-order valence-electron chi connectivity index (χ0n) is 12.9. The Morgan fingerprint density at radius 2 is 1.90 bits per heavy atom. The van der Waals surface area contributed by atoms with Crippen molar-refractivity contribution in [2.45, 2.75) is 33.2 Å². The molecule has 1 aliphatic heterocycles. The van der Waals surface area contributed by atoms with Crippen molar-refractivity contribution in [3.8, 4) is 0 Å². The summed E-state index contributed by atoms with van der Waals surface area (Å²) in [6.07, 6.45) is 2.39. The van der Waals surface area contributed by atoms with Crippen LogP contribution in [0.25, 0.3) is 0 Å². The summed E-state index contributed by atoms with van der Waals surface area (Å²) >= 11 is 0. The summed E-state index contributed by atoms with van der Waals surface area (Å²) < 4.78 is 0. The third-order valence-electron chi connectivity index (χ3n) is 4.33. The van der Waals surface area contributed by atoms with Crippen molar-refractivity contribution in [1.82, 2.24) is 4.90 Å². The number of piperidine rings is 1. The van der Waals surface area contributed by atoms with Gasteiger partial charge in [0.1, 0.15) is 0 Å². The van der Waals surface area contributed by atoms with E-state index in [1.54, 1.807) is 0 Å². The Balaban J connectivity index is 1.93. The summed E-state index contributed by atoms with van der Waals surface area (Å²) in [4.78, 5) is 4.84. The van der Waals surface area contributed by atoms with Crippen molar-refractivity contribution < 1.29 is 5.11 Å². The fourth-order valence-corrected chi connectivity index (χ4v) is 3.10. The van der Waals surface area contributed by atoms with Gasteiger partial charge in [-0.05, 0) is 56.8 Å². The van der Waals surface area contributed by atoms with Gasteiger partial charge >= 0.3 is 0 Å². The van der Waals surface area contributed by atoms with Crippen LogP contribution in [-0.2, 0) is 6.54 Å². The van der Waals surface area contributed by atoms with Crippen LogP contribution in [0, 0.1) is 5.92 Å². The Morgan fingerprint density at radius 3 is 2.50 bits per heavy atom. The standard InChI is InChI=1S/C17H28N2O/c1-3-19(4-2)17-9-7-15(8-10-17)12-18-11-5-6-16(13-18)14-20/h7-10,16,20H,3-6,11-14H2,1-2H3. The highest BCUT2D eigenvalue weighted by Gasteiger charge is 2.19. The van der Waals surface area contributed by atoms with Crippen LogP contribution in [0.3, 0.4) is 0 Å². The van der Waals surface area contributed by atoms with Crippen LogP contribution in [0.2, 0.25) is 0 Å². The maximum atomic E-state index is 9.29. The highest BCUT2D eigenvalue weighted by molar-refractivity contribution is 5.47. The number of aliphatic hydroxyl groups is 1. The van der Waals surface area contributed by atoms with Gasteiger partial charge in [0, 0.05) is 38.5 Å². The topological polar surface area (TPSA) is 26.7 Å². The minimum atomic E-state index is 0.331. The van der Waals surface area contributed by atoms with Crippen molar-refractivity contribution in [2.75, 3.05) is 37.7 Å². The number of nitrogens with zero attached hydrogens (tertiary/aromatic N) is 2. The number of anilines is 1. The second-order valence-corrected chi connectivity index (χ2v) is 5.76. The molecule has 112 valence electrons. The zero-order valence-corrected chi connectivity index (χ0v) is 12.9. The second-order valence-electron chi connectivity index (χ2n) is 5.76. The maximum Gasteiger partial charge on any atom is 0.0471 e. The molecule has 20 heavy (non-hydrogen) atoms. The van der Waals surface area contributed by atoms with Gasteiger partial charge in [-0.1, -0.05) is 12.1 Å². The summed E-state index contributed by atoms with van der Waals surface area (Å²) in [6, 6.07) is 8.96. The Bertz CT molecular complexity index is 386. The molecule has 1 aliphatic rings. The molecule has 1 saturated heterocycles. The first-order valence-corrected chi connectivity index (χ1v) is 7.93. The van der Waals surface area contributed by atoms with E-state index in [0.717, 1.165) is 32.7 Å². The highest BCUT2D eigenvalue weighted by Crippen LogP contribution is 2.20. The lowest BCUT2D eigenvalue weighted by Gasteiger charge is -2.31. The molecule has 2 rings (SSSR count). The van der Waals surface area contributed by atoms with E-state index >= 15 is 0 Å². The fraction of sp³-hybridized carbons (Fsp3) is 0.647. The van der Waals surface area contributed by atoms with E-state index in [0.29, 0.717) is 12.5 Å². The molecular weight excluding hydrogens is 248 g/mol. The number of hydrogen-bond donors (Lipinski definition) is 1. The van der Waals surface area contributed by atoms with Gasteiger partial charge in [0.2, 0.25) is 0 Å². The molecule has 0 aliphatic carbocycles. The molecule has 0 amide bonds. The van der Waals surface area contributed by atoms with E-state index in [1.165, 1.54) is 24.1 Å². The van der Waals surface area contributed by atoms with Crippen molar-refractivity contribution in [1.29, 1.82) is 0 Å². The summed E-state index contributed by atoms with van der Waals surface area (Å²) in [5, 5.41) is 9.29. The van der Waals surface area contributed by atoms with E-state index < -0.39 is 0 Å². The maximum absolute atomic E-state index is 9.29. The van der Waals surface area contributed by atoms with Crippen LogP contribution in [0.5, 0.6) is 0 Å². The Morgan fingerprint density at radius 1 is 1.20 bits per heavy atom. The van der Waals surface area contributed by atoms with Gasteiger partial charge in [0.05, 0.1) is 0 Å². The van der Waals surface area contributed by atoms with E-state index in [2.05, 4.69) is 47.9 Å². The zero-order chi connectivity index (χ0) is 14.4. The lowest BCUT2D eigenvalue weighted by molar-refractivity contribution is 0.116.